The Bertz CT molecular complexity index is 285. The molecule has 3 nitrogen and oxygen atoms in total. The van der Waals surface area contributed by atoms with Crippen LogP contribution in [0.2, 0.25) is 0 Å². The molecule has 1 aromatic carbocycles. The van der Waals surface area contributed by atoms with Gasteiger partial charge in [0, 0.05) is 0 Å². The molecule has 13 heavy (non-hydrogen) atoms. The van der Waals surface area contributed by atoms with E-state index in [-0.39, 0.29) is 12.4 Å². The Labute approximate surface area is 83.0 Å². The first-order valence-corrected chi connectivity index (χ1v) is 3.63. The largest absolute Gasteiger partial charge is 0.480 e. The van der Waals surface area contributed by atoms with Crippen LogP contribution in [0.3, 0.4) is 0 Å². The number of nitrogens with two attached hydrogens (primary N) is 1. The van der Waals surface area contributed by atoms with Gasteiger partial charge in [0.05, 0.1) is 0 Å². The smallest absolute Gasteiger partial charge is 0.328 e. The summed E-state index contributed by atoms with van der Waals surface area (Å²) in [6.07, 6.45) is 0. The van der Waals surface area contributed by atoms with Crippen LogP contribution < -0.4 is 5.73 Å². The maximum absolute atomic E-state index is 10.7. The first kappa shape index (κ1) is 11.9. The molecule has 0 aliphatic rings. The number of aliphatic carboxylic acids is 1. The second kappa shape index (κ2) is 4.25. The minimum atomic E-state index is -1.29. The quantitative estimate of drug-likeness (QED) is 0.760. The van der Waals surface area contributed by atoms with E-state index in [1.807, 2.05) is 6.07 Å². The van der Waals surface area contributed by atoms with Crippen molar-refractivity contribution in [1.29, 1.82) is 0 Å². The molecular formula is C9H12ClNO2. The van der Waals surface area contributed by atoms with Crippen molar-refractivity contribution < 1.29 is 9.90 Å². The summed E-state index contributed by atoms with van der Waals surface area (Å²) >= 11 is 0. The van der Waals surface area contributed by atoms with E-state index in [4.69, 9.17) is 10.8 Å². The predicted octanol–water partition coefficient (Wildman–Crippen LogP) is 1.37. The topological polar surface area (TPSA) is 63.3 Å². The van der Waals surface area contributed by atoms with Gasteiger partial charge in [-0.2, -0.15) is 0 Å². The summed E-state index contributed by atoms with van der Waals surface area (Å²) in [6.45, 7) is 1.48. The van der Waals surface area contributed by atoms with Gasteiger partial charge in [0.25, 0.3) is 0 Å². The third kappa shape index (κ3) is 2.44. The van der Waals surface area contributed by atoms with Crippen LogP contribution in [0.15, 0.2) is 30.3 Å². The zero-order valence-corrected chi connectivity index (χ0v) is 8.04. The third-order valence-corrected chi connectivity index (χ3v) is 1.82. The molecule has 0 aromatic heterocycles. The monoisotopic (exact) mass is 201 g/mol. The number of carboxylic acids is 1. The fraction of sp³-hybridized carbons (Fsp3) is 0.222. The first-order valence-electron chi connectivity index (χ1n) is 3.63. The highest BCUT2D eigenvalue weighted by molar-refractivity contribution is 5.85. The summed E-state index contributed by atoms with van der Waals surface area (Å²) in [6, 6.07) is 8.76. The maximum Gasteiger partial charge on any atom is 0.328 e. The number of hydrogen-bond acceptors (Lipinski definition) is 2. The SMILES string of the molecule is C[C@@](N)(C(=O)O)c1ccccc1.Cl. The van der Waals surface area contributed by atoms with E-state index in [9.17, 15) is 4.79 Å². The molecule has 0 heterocycles. The molecule has 0 aliphatic heterocycles. The number of halogens is 1. The molecule has 1 aromatic rings. The summed E-state index contributed by atoms with van der Waals surface area (Å²) in [4.78, 5) is 10.7. The standard InChI is InChI=1S/C9H11NO2.ClH/c1-9(10,8(11)12)7-5-3-2-4-6-7;/h2-6H,10H2,1H3,(H,11,12);1H/t9-;/m0./s1. The van der Waals surface area contributed by atoms with Crippen LogP contribution in [0.5, 0.6) is 0 Å². The second-order valence-electron chi connectivity index (χ2n) is 2.87. The van der Waals surface area contributed by atoms with E-state index >= 15 is 0 Å². The van der Waals surface area contributed by atoms with E-state index in [0.717, 1.165) is 0 Å². The van der Waals surface area contributed by atoms with Gasteiger partial charge in [-0.05, 0) is 12.5 Å². The van der Waals surface area contributed by atoms with Crippen molar-refractivity contribution in [3.63, 3.8) is 0 Å². The van der Waals surface area contributed by atoms with Gasteiger partial charge in [-0.15, -0.1) is 12.4 Å². The lowest BCUT2D eigenvalue weighted by atomic mass is 9.94. The highest BCUT2D eigenvalue weighted by Crippen LogP contribution is 2.16. The van der Waals surface area contributed by atoms with Gasteiger partial charge in [0.15, 0.2) is 0 Å². The van der Waals surface area contributed by atoms with Crippen molar-refractivity contribution in [3.8, 4) is 0 Å². The molecule has 0 unspecified atom stereocenters. The fourth-order valence-electron chi connectivity index (χ4n) is 0.908. The highest BCUT2D eigenvalue weighted by Gasteiger charge is 2.29. The van der Waals surface area contributed by atoms with Gasteiger partial charge in [-0.1, -0.05) is 30.3 Å². The van der Waals surface area contributed by atoms with Crippen molar-refractivity contribution in [2.24, 2.45) is 5.73 Å². The molecule has 1 rings (SSSR count). The summed E-state index contributed by atoms with van der Waals surface area (Å²) in [5, 5.41) is 8.77. The lowest BCUT2D eigenvalue weighted by Gasteiger charge is -2.18. The Hall–Kier alpha value is -1.06. The molecule has 0 spiro atoms. The van der Waals surface area contributed by atoms with E-state index < -0.39 is 11.5 Å². The fourth-order valence-corrected chi connectivity index (χ4v) is 0.908. The van der Waals surface area contributed by atoms with Crippen molar-refractivity contribution in [2.75, 3.05) is 0 Å². The van der Waals surface area contributed by atoms with E-state index in [2.05, 4.69) is 0 Å². The van der Waals surface area contributed by atoms with Crippen LogP contribution in [0.1, 0.15) is 12.5 Å². The Kier molecular flexibility index (Phi) is 3.91. The van der Waals surface area contributed by atoms with Crippen molar-refractivity contribution in [3.05, 3.63) is 35.9 Å². The average molecular weight is 202 g/mol. The van der Waals surface area contributed by atoms with Crippen LogP contribution in [0, 0.1) is 0 Å². The number of hydrogen-bond donors (Lipinski definition) is 2. The minimum Gasteiger partial charge on any atom is -0.480 e. The number of rotatable bonds is 2. The van der Waals surface area contributed by atoms with E-state index in [1.54, 1.807) is 24.3 Å². The molecule has 0 amide bonds. The van der Waals surface area contributed by atoms with Gasteiger partial charge in [0.2, 0.25) is 0 Å². The maximum atomic E-state index is 10.7. The molecule has 0 saturated carbocycles. The van der Waals surface area contributed by atoms with E-state index in [0.29, 0.717) is 5.56 Å². The van der Waals surface area contributed by atoms with Gasteiger partial charge in [-0.25, -0.2) is 4.79 Å². The third-order valence-electron chi connectivity index (χ3n) is 1.82. The molecule has 0 fully saturated rings. The predicted molar refractivity (Wildman–Crippen MR) is 52.9 cm³/mol. The van der Waals surface area contributed by atoms with Crippen molar-refractivity contribution in [1.82, 2.24) is 0 Å². The molecule has 0 radical (unpaired) electrons. The molecule has 72 valence electrons. The Morgan fingerprint density at radius 2 is 1.85 bits per heavy atom. The zero-order valence-electron chi connectivity index (χ0n) is 7.23. The van der Waals surface area contributed by atoms with Gasteiger partial charge < -0.3 is 10.8 Å². The molecule has 3 N–H and O–H groups in total. The lowest BCUT2D eigenvalue weighted by Crippen LogP contribution is -2.41. The van der Waals surface area contributed by atoms with Gasteiger partial charge in [-0.3, -0.25) is 0 Å². The Morgan fingerprint density at radius 3 is 2.23 bits per heavy atom. The Balaban J connectivity index is 0.00000144. The molecule has 0 saturated heterocycles. The van der Waals surface area contributed by atoms with E-state index in [1.165, 1.54) is 6.92 Å². The summed E-state index contributed by atoms with van der Waals surface area (Å²) in [7, 11) is 0. The van der Waals surface area contributed by atoms with Crippen molar-refractivity contribution in [2.45, 2.75) is 12.5 Å². The minimum absolute atomic E-state index is 0. The lowest BCUT2D eigenvalue weighted by molar-refractivity contribution is -0.143. The van der Waals surface area contributed by atoms with Crippen LogP contribution >= 0.6 is 12.4 Å². The normalized spacial score (nSPS) is 14.0. The zero-order chi connectivity index (χ0) is 9.19. The van der Waals surface area contributed by atoms with Crippen LogP contribution in [-0.4, -0.2) is 11.1 Å². The molecule has 0 aliphatic carbocycles. The molecular weight excluding hydrogens is 190 g/mol. The summed E-state index contributed by atoms with van der Waals surface area (Å²) in [5.41, 5.74) is 4.90. The number of benzene rings is 1. The van der Waals surface area contributed by atoms with Crippen LogP contribution in [0.25, 0.3) is 0 Å². The summed E-state index contributed by atoms with van der Waals surface area (Å²) < 4.78 is 0. The first-order chi connectivity index (χ1) is 5.55. The number of carboxylic acid groups (broad SMARTS) is 1. The average Bonchev–Trinajstić information content (AvgIpc) is 2.06. The highest BCUT2D eigenvalue weighted by atomic mass is 35.5. The Morgan fingerprint density at radius 1 is 1.38 bits per heavy atom. The second-order valence-corrected chi connectivity index (χ2v) is 2.87. The summed E-state index contributed by atoms with van der Waals surface area (Å²) in [5.74, 6) is -1.02. The van der Waals surface area contributed by atoms with Crippen LogP contribution in [0.4, 0.5) is 0 Å². The number of carbonyl (C=O) groups is 1. The van der Waals surface area contributed by atoms with Crippen molar-refractivity contribution >= 4 is 18.4 Å². The molecule has 4 heteroatoms. The van der Waals surface area contributed by atoms with Gasteiger partial charge in [0.1, 0.15) is 5.54 Å². The van der Waals surface area contributed by atoms with Gasteiger partial charge >= 0.3 is 5.97 Å². The van der Waals surface area contributed by atoms with Crippen LogP contribution in [-0.2, 0) is 10.3 Å². The molecule has 0 bridgehead atoms. The molecule has 1 atom stereocenters.